The molecule has 0 radical (unpaired) electrons. The van der Waals surface area contributed by atoms with Crippen molar-refractivity contribution in [1.29, 1.82) is 5.26 Å². The number of nitriles is 1. The summed E-state index contributed by atoms with van der Waals surface area (Å²) in [5, 5.41) is 17.7. The number of likely N-dealkylation sites (tertiary alicyclic amines) is 1. The molecule has 2 saturated heterocycles. The predicted molar refractivity (Wildman–Crippen MR) is 119 cm³/mol. The van der Waals surface area contributed by atoms with Gasteiger partial charge in [0.25, 0.3) is 5.91 Å². The molecule has 2 aliphatic rings. The monoisotopic (exact) mass is 427 g/mol. The average molecular weight is 428 g/mol. The Labute approximate surface area is 187 Å². The van der Waals surface area contributed by atoms with Crippen LogP contribution in [0, 0.1) is 17.2 Å². The number of fused-ring (bicyclic) bond motifs is 1. The first kappa shape index (κ1) is 20.2. The number of piperidine rings is 1. The van der Waals surface area contributed by atoms with Gasteiger partial charge in [-0.05, 0) is 49.4 Å². The minimum absolute atomic E-state index is 0.00813. The molecular weight excluding hydrogens is 402 g/mol. The number of hydrogen-bond acceptors (Lipinski definition) is 6. The lowest BCUT2D eigenvalue weighted by molar-refractivity contribution is 0.0523. The molecule has 2 aliphatic heterocycles. The predicted octanol–water partition coefficient (Wildman–Crippen LogP) is 3.05. The molecule has 3 aromatic rings. The molecule has 0 aliphatic carbocycles. The highest BCUT2D eigenvalue weighted by Crippen LogP contribution is 2.38. The summed E-state index contributed by atoms with van der Waals surface area (Å²) in [5.41, 5.74) is 1.90. The molecule has 8 heteroatoms. The van der Waals surface area contributed by atoms with Crippen molar-refractivity contribution in [2.24, 2.45) is 5.92 Å². The van der Waals surface area contributed by atoms with Gasteiger partial charge >= 0.3 is 0 Å². The Hall–Kier alpha value is -3.73. The van der Waals surface area contributed by atoms with Crippen LogP contribution in [0.1, 0.15) is 42.1 Å². The van der Waals surface area contributed by atoms with Crippen LogP contribution in [-0.2, 0) is 0 Å². The maximum absolute atomic E-state index is 13.8. The van der Waals surface area contributed by atoms with E-state index in [1.54, 1.807) is 24.7 Å². The highest BCUT2D eigenvalue weighted by molar-refractivity contribution is 5.98. The van der Waals surface area contributed by atoms with Crippen molar-refractivity contribution in [2.75, 3.05) is 18.0 Å². The normalized spacial score (nSPS) is 22.4. The van der Waals surface area contributed by atoms with Crippen molar-refractivity contribution in [3.05, 3.63) is 66.1 Å². The third-order valence-electron chi connectivity index (χ3n) is 6.75. The fraction of sp³-hybridized carbons (Fsp3) is 0.375. The van der Waals surface area contributed by atoms with Crippen LogP contribution in [0.25, 0.3) is 5.69 Å². The van der Waals surface area contributed by atoms with Crippen molar-refractivity contribution in [2.45, 2.75) is 38.3 Å². The van der Waals surface area contributed by atoms with Gasteiger partial charge < -0.3 is 9.80 Å². The van der Waals surface area contributed by atoms with E-state index in [9.17, 15) is 10.1 Å². The van der Waals surface area contributed by atoms with E-state index < -0.39 is 0 Å². The van der Waals surface area contributed by atoms with Crippen molar-refractivity contribution in [3.63, 3.8) is 0 Å². The fourth-order valence-electron chi connectivity index (χ4n) is 5.16. The van der Waals surface area contributed by atoms with Gasteiger partial charge in [-0.25, -0.2) is 4.98 Å². The van der Waals surface area contributed by atoms with Crippen LogP contribution in [0.15, 0.2) is 55.0 Å². The summed E-state index contributed by atoms with van der Waals surface area (Å²) in [6.07, 6.45) is 7.88. The lowest BCUT2D eigenvalue weighted by atomic mass is 9.85. The van der Waals surface area contributed by atoms with Crippen LogP contribution >= 0.6 is 0 Å². The molecule has 32 heavy (non-hydrogen) atoms. The van der Waals surface area contributed by atoms with E-state index in [1.165, 1.54) is 4.80 Å². The quantitative estimate of drug-likeness (QED) is 0.636. The van der Waals surface area contributed by atoms with E-state index in [1.807, 2.05) is 35.2 Å². The fourth-order valence-corrected chi connectivity index (χ4v) is 5.16. The average Bonchev–Trinajstić information content (AvgIpc) is 3.53. The summed E-state index contributed by atoms with van der Waals surface area (Å²) in [5.74, 6) is 1.34. The molecule has 5 rings (SSSR count). The van der Waals surface area contributed by atoms with Crippen molar-refractivity contribution in [1.82, 2.24) is 24.9 Å². The molecule has 0 bridgehead atoms. The molecule has 0 N–H and O–H groups in total. The van der Waals surface area contributed by atoms with Gasteiger partial charge in [0.1, 0.15) is 5.82 Å². The standard InChI is InChI=1S/C24H25N7O/c1-2-19-14-18-8-12-29(23-13-17(15-25)7-9-26-23)22(18)16-30(19)24(32)20-5-3-4-6-21(20)31-27-10-11-28-31/h3-7,9-11,13,18-19,22H,2,8,12,14,16H2,1H3/t18-,19+,22+/m1/s1. The maximum Gasteiger partial charge on any atom is 0.256 e. The Morgan fingerprint density at radius 1 is 1.19 bits per heavy atom. The topological polar surface area (TPSA) is 90.9 Å². The van der Waals surface area contributed by atoms with E-state index in [0.717, 1.165) is 31.6 Å². The summed E-state index contributed by atoms with van der Waals surface area (Å²) in [4.78, 5) is 24.1. The molecule has 162 valence electrons. The largest absolute Gasteiger partial charge is 0.352 e. The molecule has 8 nitrogen and oxygen atoms in total. The number of benzene rings is 1. The lowest BCUT2D eigenvalue weighted by Crippen LogP contribution is -2.55. The SMILES string of the molecule is CC[C@H]1C[C@H]2CCN(c3cc(C#N)ccn3)[C@H]2CN1C(=O)c1ccccc1-n1nccn1. The number of carbonyl (C=O) groups excluding carboxylic acids is 1. The van der Waals surface area contributed by atoms with Crippen molar-refractivity contribution >= 4 is 11.7 Å². The number of amides is 1. The Morgan fingerprint density at radius 3 is 2.78 bits per heavy atom. The zero-order valence-corrected chi connectivity index (χ0v) is 18.0. The summed E-state index contributed by atoms with van der Waals surface area (Å²) in [6, 6.07) is 13.7. The van der Waals surface area contributed by atoms with E-state index in [0.29, 0.717) is 29.3 Å². The Balaban J connectivity index is 1.46. The van der Waals surface area contributed by atoms with Gasteiger partial charge in [-0.2, -0.15) is 20.3 Å². The minimum atomic E-state index is 0.00813. The second-order valence-corrected chi connectivity index (χ2v) is 8.41. The zero-order valence-electron chi connectivity index (χ0n) is 18.0. The van der Waals surface area contributed by atoms with Crippen LogP contribution in [0.3, 0.4) is 0 Å². The van der Waals surface area contributed by atoms with Gasteiger partial charge in [-0.1, -0.05) is 19.1 Å². The number of aromatic nitrogens is 4. The summed E-state index contributed by atoms with van der Waals surface area (Å²) in [7, 11) is 0. The number of hydrogen-bond donors (Lipinski definition) is 0. The minimum Gasteiger partial charge on any atom is -0.352 e. The number of para-hydroxylation sites is 1. The van der Waals surface area contributed by atoms with Crippen LogP contribution in [0.2, 0.25) is 0 Å². The molecule has 4 heterocycles. The third-order valence-corrected chi connectivity index (χ3v) is 6.75. The van der Waals surface area contributed by atoms with Gasteiger partial charge in [0.15, 0.2) is 0 Å². The second kappa shape index (κ2) is 8.42. The molecule has 0 spiro atoms. The lowest BCUT2D eigenvalue weighted by Gasteiger charge is -2.44. The molecule has 2 fully saturated rings. The van der Waals surface area contributed by atoms with Gasteiger partial charge in [-0.15, -0.1) is 0 Å². The van der Waals surface area contributed by atoms with Crippen LogP contribution in [0.4, 0.5) is 5.82 Å². The number of carbonyl (C=O) groups is 1. The highest BCUT2D eigenvalue weighted by Gasteiger charge is 2.44. The van der Waals surface area contributed by atoms with Gasteiger partial charge in [0, 0.05) is 25.3 Å². The van der Waals surface area contributed by atoms with Gasteiger partial charge in [0.05, 0.1) is 41.3 Å². The molecule has 1 aromatic carbocycles. The molecule has 3 atom stereocenters. The summed E-state index contributed by atoms with van der Waals surface area (Å²) in [6.45, 7) is 3.68. The first-order valence-corrected chi connectivity index (χ1v) is 11.1. The molecule has 1 amide bonds. The van der Waals surface area contributed by atoms with Crippen LogP contribution in [-0.4, -0.2) is 56.0 Å². The van der Waals surface area contributed by atoms with Crippen molar-refractivity contribution in [3.8, 4) is 11.8 Å². The van der Waals surface area contributed by atoms with E-state index in [-0.39, 0.29) is 18.0 Å². The molecule has 0 unspecified atom stereocenters. The Kier molecular flexibility index (Phi) is 5.31. The van der Waals surface area contributed by atoms with E-state index in [2.05, 4.69) is 33.1 Å². The first-order chi connectivity index (χ1) is 15.7. The maximum atomic E-state index is 13.8. The van der Waals surface area contributed by atoms with Gasteiger partial charge in [0.2, 0.25) is 0 Å². The zero-order chi connectivity index (χ0) is 22.1. The van der Waals surface area contributed by atoms with Crippen LogP contribution in [0.5, 0.6) is 0 Å². The second-order valence-electron chi connectivity index (χ2n) is 8.41. The number of anilines is 1. The number of pyridine rings is 1. The smallest absolute Gasteiger partial charge is 0.256 e. The van der Waals surface area contributed by atoms with E-state index in [4.69, 9.17) is 0 Å². The van der Waals surface area contributed by atoms with Gasteiger partial charge in [-0.3, -0.25) is 4.79 Å². The summed E-state index contributed by atoms with van der Waals surface area (Å²) >= 11 is 0. The molecular formula is C24H25N7O. The molecule has 0 saturated carbocycles. The van der Waals surface area contributed by atoms with E-state index >= 15 is 0 Å². The Bertz CT molecular complexity index is 1150. The van der Waals surface area contributed by atoms with Crippen molar-refractivity contribution < 1.29 is 4.79 Å². The summed E-state index contributed by atoms with van der Waals surface area (Å²) < 4.78 is 0. The molecule has 2 aromatic heterocycles. The number of nitrogens with zero attached hydrogens (tertiary/aromatic N) is 7. The first-order valence-electron chi connectivity index (χ1n) is 11.1. The third kappa shape index (κ3) is 3.50. The highest BCUT2D eigenvalue weighted by atomic mass is 16.2. The van der Waals surface area contributed by atoms with Crippen LogP contribution < -0.4 is 4.90 Å². The Morgan fingerprint density at radius 2 is 2.00 bits per heavy atom. The number of rotatable bonds is 4.